The Balaban J connectivity index is 1.44. The number of hydrogen-bond donors (Lipinski definition) is 1. The van der Waals surface area contributed by atoms with Crippen molar-refractivity contribution in [2.24, 2.45) is 0 Å². The summed E-state index contributed by atoms with van der Waals surface area (Å²) in [6, 6.07) is 2.81. The SMILES string of the molecule is Cc1noc(CCNC(=O)N2CCN(c3ncccc3F)CC2)n1. The minimum Gasteiger partial charge on any atom is -0.351 e. The van der Waals surface area contributed by atoms with Crippen molar-refractivity contribution < 1.29 is 13.7 Å². The molecule has 0 bridgehead atoms. The predicted molar refractivity (Wildman–Crippen MR) is 84.1 cm³/mol. The van der Waals surface area contributed by atoms with Crippen LogP contribution in [0.4, 0.5) is 15.0 Å². The zero-order chi connectivity index (χ0) is 16.9. The zero-order valence-corrected chi connectivity index (χ0v) is 13.4. The smallest absolute Gasteiger partial charge is 0.317 e. The summed E-state index contributed by atoms with van der Waals surface area (Å²) in [5, 5.41) is 6.52. The first-order valence-electron chi connectivity index (χ1n) is 7.81. The van der Waals surface area contributed by atoms with Gasteiger partial charge in [-0.05, 0) is 19.1 Å². The average Bonchev–Trinajstić information content (AvgIpc) is 3.01. The number of aryl methyl sites for hydroxylation is 1. The number of rotatable bonds is 4. The van der Waals surface area contributed by atoms with Crippen LogP contribution in [0.25, 0.3) is 0 Å². The van der Waals surface area contributed by atoms with Gasteiger partial charge in [0.1, 0.15) is 0 Å². The van der Waals surface area contributed by atoms with Gasteiger partial charge in [0.15, 0.2) is 17.5 Å². The third-order valence-corrected chi connectivity index (χ3v) is 3.79. The molecule has 2 aromatic heterocycles. The van der Waals surface area contributed by atoms with E-state index in [0.717, 1.165) is 0 Å². The molecule has 0 radical (unpaired) electrons. The quantitative estimate of drug-likeness (QED) is 0.897. The van der Waals surface area contributed by atoms with Crippen molar-refractivity contribution in [3.8, 4) is 0 Å². The highest BCUT2D eigenvalue weighted by molar-refractivity contribution is 5.74. The monoisotopic (exact) mass is 334 g/mol. The van der Waals surface area contributed by atoms with Crippen LogP contribution in [0.2, 0.25) is 0 Å². The number of carbonyl (C=O) groups is 1. The molecule has 1 saturated heterocycles. The van der Waals surface area contributed by atoms with E-state index in [1.54, 1.807) is 24.1 Å². The number of amides is 2. The zero-order valence-electron chi connectivity index (χ0n) is 13.4. The highest BCUT2D eigenvalue weighted by atomic mass is 19.1. The number of carbonyl (C=O) groups excluding carboxylic acids is 1. The van der Waals surface area contributed by atoms with Gasteiger partial charge in [0.25, 0.3) is 0 Å². The number of pyridine rings is 1. The average molecular weight is 334 g/mol. The number of piperazine rings is 1. The Morgan fingerprint density at radius 2 is 2.17 bits per heavy atom. The molecule has 24 heavy (non-hydrogen) atoms. The molecule has 0 atom stereocenters. The number of halogens is 1. The lowest BCUT2D eigenvalue weighted by Gasteiger charge is -2.35. The molecule has 0 spiro atoms. The third-order valence-electron chi connectivity index (χ3n) is 3.79. The molecule has 3 rings (SSSR count). The number of nitrogens with one attached hydrogen (secondary N) is 1. The van der Waals surface area contributed by atoms with Crippen molar-refractivity contribution in [3.63, 3.8) is 0 Å². The van der Waals surface area contributed by atoms with E-state index in [0.29, 0.717) is 56.7 Å². The van der Waals surface area contributed by atoms with Gasteiger partial charge >= 0.3 is 6.03 Å². The van der Waals surface area contributed by atoms with Gasteiger partial charge in [-0.25, -0.2) is 14.2 Å². The molecule has 128 valence electrons. The fourth-order valence-electron chi connectivity index (χ4n) is 2.56. The second kappa shape index (κ2) is 7.24. The second-order valence-corrected chi connectivity index (χ2v) is 5.50. The molecule has 1 N–H and O–H groups in total. The maximum atomic E-state index is 13.7. The molecule has 9 heteroatoms. The lowest BCUT2D eigenvalue weighted by Crippen LogP contribution is -2.52. The van der Waals surface area contributed by atoms with Gasteiger partial charge in [0.2, 0.25) is 5.89 Å². The molecule has 8 nitrogen and oxygen atoms in total. The maximum absolute atomic E-state index is 13.7. The van der Waals surface area contributed by atoms with Gasteiger partial charge in [0, 0.05) is 45.3 Å². The fraction of sp³-hybridized carbons (Fsp3) is 0.467. The summed E-state index contributed by atoms with van der Waals surface area (Å²) in [7, 11) is 0. The largest absolute Gasteiger partial charge is 0.351 e. The van der Waals surface area contributed by atoms with Gasteiger partial charge in [-0.1, -0.05) is 5.16 Å². The summed E-state index contributed by atoms with van der Waals surface area (Å²) in [6.45, 7) is 4.29. The molecule has 0 aromatic carbocycles. The minimum atomic E-state index is -0.342. The standard InChI is InChI=1S/C15H19FN6O2/c1-11-19-13(24-20-11)4-6-18-15(23)22-9-7-21(8-10-22)14-12(16)3-2-5-17-14/h2-3,5H,4,6-10H2,1H3,(H,18,23). The highest BCUT2D eigenvalue weighted by Gasteiger charge is 2.23. The maximum Gasteiger partial charge on any atom is 0.317 e. The van der Waals surface area contributed by atoms with E-state index in [1.807, 2.05) is 4.90 Å². The van der Waals surface area contributed by atoms with E-state index < -0.39 is 0 Å². The minimum absolute atomic E-state index is 0.146. The normalized spacial score (nSPS) is 14.8. The molecule has 0 unspecified atom stereocenters. The van der Waals surface area contributed by atoms with Crippen LogP contribution < -0.4 is 10.2 Å². The van der Waals surface area contributed by atoms with Gasteiger partial charge in [-0.15, -0.1) is 0 Å². The van der Waals surface area contributed by atoms with Crippen molar-refractivity contribution in [3.05, 3.63) is 35.9 Å². The molecule has 0 aliphatic carbocycles. The Kier molecular flexibility index (Phi) is 4.88. The number of hydrogen-bond acceptors (Lipinski definition) is 6. The summed E-state index contributed by atoms with van der Waals surface area (Å²) in [5.41, 5.74) is 0. The molecule has 0 saturated carbocycles. The van der Waals surface area contributed by atoms with Crippen LogP contribution in [0.3, 0.4) is 0 Å². The summed E-state index contributed by atoms with van der Waals surface area (Å²) >= 11 is 0. The first-order valence-corrected chi connectivity index (χ1v) is 7.81. The Morgan fingerprint density at radius 3 is 2.83 bits per heavy atom. The molecular weight excluding hydrogens is 315 g/mol. The lowest BCUT2D eigenvalue weighted by atomic mass is 10.3. The van der Waals surface area contributed by atoms with Crippen LogP contribution in [0.15, 0.2) is 22.9 Å². The molecule has 2 aromatic rings. The molecule has 3 heterocycles. The van der Waals surface area contributed by atoms with Crippen LogP contribution in [0.5, 0.6) is 0 Å². The summed E-state index contributed by atoms with van der Waals surface area (Å²) in [6.07, 6.45) is 2.06. The topological polar surface area (TPSA) is 87.4 Å². The molecule has 1 fully saturated rings. The second-order valence-electron chi connectivity index (χ2n) is 5.50. The van der Waals surface area contributed by atoms with Crippen molar-refractivity contribution in [1.82, 2.24) is 25.3 Å². The summed E-state index contributed by atoms with van der Waals surface area (Å²) < 4.78 is 18.7. The first-order chi connectivity index (χ1) is 11.6. The molecule has 2 amide bonds. The Hall–Kier alpha value is -2.71. The Labute approximate surface area is 138 Å². The van der Waals surface area contributed by atoms with E-state index in [9.17, 15) is 9.18 Å². The summed E-state index contributed by atoms with van der Waals surface area (Å²) in [5.74, 6) is 1.08. The van der Waals surface area contributed by atoms with Crippen LogP contribution in [-0.4, -0.2) is 58.8 Å². The highest BCUT2D eigenvalue weighted by Crippen LogP contribution is 2.17. The van der Waals surface area contributed by atoms with Crippen molar-refractivity contribution in [2.45, 2.75) is 13.3 Å². The molecule has 1 aliphatic heterocycles. The Morgan fingerprint density at radius 1 is 1.38 bits per heavy atom. The lowest BCUT2D eigenvalue weighted by molar-refractivity contribution is 0.194. The molecular formula is C15H19FN6O2. The van der Waals surface area contributed by atoms with Crippen molar-refractivity contribution in [1.29, 1.82) is 0 Å². The van der Waals surface area contributed by atoms with E-state index in [4.69, 9.17) is 4.52 Å². The molecule has 1 aliphatic rings. The van der Waals surface area contributed by atoms with E-state index in [2.05, 4.69) is 20.4 Å². The number of nitrogens with zero attached hydrogens (tertiary/aromatic N) is 5. The van der Waals surface area contributed by atoms with E-state index in [-0.39, 0.29) is 11.8 Å². The number of aromatic nitrogens is 3. The fourth-order valence-corrected chi connectivity index (χ4v) is 2.56. The van der Waals surface area contributed by atoms with Crippen LogP contribution in [0.1, 0.15) is 11.7 Å². The third kappa shape index (κ3) is 3.79. The van der Waals surface area contributed by atoms with E-state index in [1.165, 1.54) is 6.07 Å². The van der Waals surface area contributed by atoms with Gasteiger partial charge in [-0.3, -0.25) is 0 Å². The van der Waals surface area contributed by atoms with Crippen LogP contribution >= 0.6 is 0 Å². The van der Waals surface area contributed by atoms with Crippen molar-refractivity contribution in [2.75, 3.05) is 37.6 Å². The van der Waals surface area contributed by atoms with Crippen LogP contribution in [0, 0.1) is 12.7 Å². The van der Waals surface area contributed by atoms with Gasteiger partial charge in [-0.2, -0.15) is 4.98 Å². The predicted octanol–water partition coefficient (Wildman–Crippen LogP) is 0.986. The van der Waals surface area contributed by atoms with Crippen LogP contribution in [-0.2, 0) is 6.42 Å². The summed E-state index contributed by atoms with van der Waals surface area (Å²) in [4.78, 5) is 23.8. The number of urea groups is 1. The number of anilines is 1. The van der Waals surface area contributed by atoms with Gasteiger partial charge in [0.05, 0.1) is 0 Å². The first kappa shape index (κ1) is 16.2. The van der Waals surface area contributed by atoms with Crippen molar-refractivity contribution >= 4 is 11.8 Å². The van der Waals surface area contributed by atoms with E-state index >= 15 is 0 Å². The van der Waals surface area contributed by atoms with Gasteiger partial charge < -0.3 is 19.6 Å². The Bertz CT molecular complexity index is 699.